The third-order valence-electron chi connectivity index (χ3n) is 3.12. The molecule has 1 aliphatic rings. The molecule has 0 saturated carbocycles. The number of carbonyl (C=O) groups excluding carboxylic acids is 1. The third-order valence-corrected chi connectivity index (χ3v) is 3.12. The van der Waals surface area contributed by atoms with Crippen LogP contribution in [0.2, 0.25) is 0 Å². The molecule has 4 nitrogen and oxygen atoms in total. The largest absolute Gasteiger partial charge is 0.465 e. The molecule has 0 aromatic heterocycles. The molecule has 1 atom stereocenters. The smallest absolute Gasteiger partial charge is 0.407 e. The van der Waals surface area contributed by atoms with Gasteiger partial charge in [-0.1, -0.05) is 30.3 Å². The highest BCUT2D eigenvalue weighted by Crippen LogP contribution is 2.20. The van der Waals surface area contributed by atoms with Crippen molar-refractivity contribution in [3.63, 3.8) is 0 Å². The monoisotopic (exact) mass is 233 g/mol. The van der Waals surface area contributed by atoms with Crippen LogP contribution < -0.4 is 0 Å². The summed E-state index contributed by atoms with van der Waals surface area (Å²) >= 11 is 0. The Kier molecular flexibility index (Phi) is 3.42. The van der Waals surface area contributed by atoms with Gasteiger partial charge in [-0.2, -0.15) is 0 Å². The van der Waals surface area contributed by atoms with Crippen molar-refractivity contribution < 1.29 is 14.7 Å². The summed E-state index contributed by atoms with van der Waals surface area (Å²) in [4.78, 5) is 24.4. The lowest BCUT2D eigenvalue weighted by Gasteiger charge is -2.29. The maximum atomic E-state index is 12.1. The first-order valence-corrected chi connectivity index (χ1v) is 5.75. The van der Waals surface area contributed by atoms with E-state index < -0.39 is 6.09 Å². The predicted octanol–water partition coefficient (Wildman–Crippen LogP) is 2.26. The maximum absolute atomic E-state index is 12.1. The van der Waals surface area contributed by atoms with E-state index in [1.54, 1.807) is 12.1 Å². The molecular formula is C13H15NO3. The van der Waals surface area contributed by atoms with Crippen molar-refractivity contribution in [2.24, 2.45) is 5.92 Å². The van der Waals surface area contributed by atoms with Gasteiger partial charge in [0.1, 0.15) is 0 Å². The molecule has 0 aliphatic carbocycles. The van der Waals surface area contributed by atoms with E-state index in [9.17, 15) is 9.59 Å². The molecule has 0 bridgehead atoms. The Morgan fingerprint density at radius 3 is 2.59 bits per heavy atom. The zero-order valence-corrected chi connectivity index (χ0v) is 9.50. The summed E-state index contributed by atoms with van der Waals surface area (Å²) in [6.07, 6.45) is 0.600. The van der Waals surface area contributed by atoms with Gasteiger partial charge in [-0.3, -0.25) is 4.79 Å². The minimum atomic E-state index is -0.935. The summed E-state index contributed by atoms with van der Waals surface area (Å²) in [5.41, 5.74) is 0.671. The number of carbonyl (C=O) groups is 2. The zero-order valence-electron chi connectivity index (χ0n) is 9.50. The zero-order chi connectivity index (χ0) is 12.3. The fraction of sp³-hybridized carbons (Fsp3) is 0.385. The molecule has 1 fully saturated rings. The van der Waals surface area contributed by atoms with Gasteiger partial charge < -0.3 is 10.0 Å². The number of carboxylic acid groups (broad SMARTS) is 1. The first-order valence-electron chi connectivity index (χ1n) is 5.75. The number of amides is 1. The van der Waals surface area contributed by atoms with Gasteiger partial charge in [-0.15, -0.1) is 0 Å². The maximum Gasteiger partial charge on any atom is 0.407 e. The van der Waals surface area contributed by atoms with Crippen LogP contribution in [0.3, 0.4) is 0 Å². The Balaban J connectivity index is 2.07. The molecule has 0 spiro atoms. The summed E-state index contributed by atoms with van der Waals surface area (Å²) < 4.78 is 0. The molecule has 1 saturated heterocycles. The summed E-state index contributed by atoms with van der Waals surface area (Å²) in [7, 11) is 0. The lowest BCUT2D eigenvalue weighted by atomic mass is 9.90. The van der Waals surface area contributed by atoms with E-state index in [2.05, 4.69) is 0 Å². The molecule has 17 heavy (non-hydrogen) atoms. The standard InChI is InChI=1S/C13H15NO3/c15-12(10-5-2-1-3-6-10)11-7-4-8-14(9-11)13(16)17/h1-3,5-6,11H,4,7-9H2,(H,16,17). The van der Waals surface area contributed by atoms with E-state index in [0.717, 1.165) is 12.8 Å². The summed E-state index contributed by atoms with van der Waals surface area (Å²) in [6.45, 7) is 0.858. The van der Waals surface area contributed by atoms with Crippen molar-refractivity contribution in [2.75, 3.05) is 13.1 Å². The van der Waals surface area contributed by atoms with Crippen molar-refractivity contribution in [3.8, 4) is 0 Å². The number of likely N-dealkylation sites (tertiary alicyclic amines) is 1. The van der Waals surface area contributed by atoms with Crippen molar-refractivity contribution in [2.45, 2.75) is 12.8 Å². The number of benzene rings is 1. The third kappa shape index (κ3) is 2.64. The fourth-order valence-electron chi connectivity index (χ4n) is 2.20. The first kappa shape index (κ1) is 11.6. The highest BCUT2D eigenvalue weighted by molar-refractivity contribution is 5.98. The second-order valence-electron chi connectivity index (χ2n) is 4.30. The van der Waals surface area contributed by atoms with E-state index in [1.807, 2.05) is 18.2 Å². The predicted molar refractivity (Wildman–Crippen MR) is 63.1 cm³/mol. The number of hydrogen-bond acceptors (Lipinski definition) is 2. The summed E-state index contributed by atoms with van der Waals surface area (Å²) in [6, 6.07) is 9.07. The van der Waals surface area contributed by atoms with E-state index in [-0.39, 0.29) is 11.7 Å². The molecule has 0 radical (unpaired) electrons. The van der Waals surface area contributed by atoms with Crippen LogP contribution in [-0.4, -0.2) is 35.0 Å². The molecule has 4 heteroatoms. The second kappa shape index (κ2) is 4.99. The first-order chi connectivity index (χ1) is 8.18. The van der Waals surface area contributed by atoms with E-state index in [1.165, 1.54) is 4.90 Å². The molecular weight excluding hydrogens is 218 g/mol. The second-order valence-corrected chi connectivity index (χ2v) is 4.30. The van der Waals surface area contributed by atoms with E-state index in [4.69, 9.17) is 5.11 Å². The van der Waals surface area contributed by atoms with Gasteiger partial charge in [-0.05, 0) is 12.8 Å². The van der Waals surface area contributed by atoms with Crippen LogP contribution in [0.25, 0.3) is 0 Å². The van der Waals surface area contributed by atoms with Crippen LogP contribution in [0.4, 0.5) is 4.79 Å². The molecule has 2 rings (SSSR count). The average Bonchev–Trinajstić information content (AvgIpc) is 2.39. The molecule has 1 heterocycles. The summed E-state index contributed by atoms with van der Waals surface area (Å²) in [5, 5.41) is 8.92. The van der Waals surface area contributed by atoms with Crippen molar-refractivity contribution in [3.05, 3.63) is 35.9 Å². The molecule has 1 aromatic rings. The molecule has 1 aliphatic heterocycles. The van der Waals surface area contributed by atoms with Gasteiger partial charge >= 0.3 is 6.09 Å². The Morgan fingerprint density at radius 2 is 1.94 bits per heavy atom. The van der Waals surface area contributed by atoms with Crippen LogP contribution in [0.15, 0.2) is 30.3 Å². The topological polar surface area (TPSA) is 57.6 Å². The Hall–Kier alpha value is -1.84. The number of piperidine rings is 1. The molecule has 1 N–H and O–H groups in total. The normalized spacial score (nSPS) is 20.0. The van der Waals surface area contributed by atoms with Gasteiger partial charge in [0, 0.05) is 24.6 Å². The van der Waals surface area contributed by atoms with Crippen molar-refractivity contribution in [1.29, 1.82) is 0 Å². The SMILES string of the molecule is O=C(c1ccccc1)C1CCCN(C(=O)O)C1. The summed E-state index contributed by atoms with van der Waals surface area (Å²) in [5.74, 6) is -0.140. The van der Waals surface area contributed by atoms with E-state index in [0.29, 0.717) is 18.7 Å². The number of rotatable bonds is 2. The van der Waals surface area contributed by atoms with Gasteiger partial charge in [0.05, 0.1) is 0 Å². The minimum Gasteiger partial charge on any atom is -0.465 e. The minimum absolute atomic E-state index is 0.0524. The lowest BCUT2D eigenvalue weighted by Crippen LogP contribution is -2.41. The average molecular weight is 233 g/mol. The Morgan fingerprint density at radius 1 is 1.24 bits per heavy atom. The highest BCUT2D eigenvalue weighted by Gasteiger charge is 2.28. The number of Topliss-reactive ketones (excluding diaryl/α,β-unsaturated/α-hetero) is 1. The molecule has 1 unspecified atom stereocenters. The van der Waals surface area contributed by atoms with E-state index >= 15 is 0 Å². The van der Waals surface area contributed by atoms with Gasteiger partial charge in [-0.25, -0.2) is 4.79 Å². The lowest BCUT2D eigenvalue weighted by molar-refractivity contribution is 0.0806. The van der Waals surface area contributed by atoms with Crippen LogP contribution in [0.5, 0.6) is 0 Å². The van der Waals surface area contributed by atoms with Gasteiger partial charge in [0.2, 0.25) is 0 Å². The van der Waals surface area contributed by atoms with Crippen LogP contribution in [-0.2, 0) is 0 Å². The number of ketones is 1. The van der Waals surface area contributed by atoms with Crippen molar-refractivity contribution in [1.82, 2.24) is 4.90 Å². The highest BCUT2D eigenvalue weighted by atomic mass is 16.4. The molecule has 1 amide bonds. The van der Waals surface area contributed by atoms with Gasteiger partial charge in [0.15, 0.2) is 5.78 Å². The van der Waals surface area contributed by atoms with Crippen LogP contribution in [0, 0.1) is 5.92 Å². The van der Waals surface area contributed by atoms with Crippen LogP contribution >= 0.6 is 0 Å². The van der Waals surface area contributed by atoms with Crippen LogP contribution in [0.1, 0.15) is 23.2 Å². The number of nitrogens with zero attached hydrogens (tertiary/aromatic N) is 1. The van der Waals surface area contributed by atoms with Crippen molar-refractivity contribution >= 4 is 11.9 Å². The Bertz CT molecular complexity index is 416. The van der Waals surface area contributed by atoms with Gasteiger partial charge in [0.25, 0.3) is 0 Å². The molecule has 90 valence electrons. The quantitative estimate of drug-likeness (QED) is 0.797. The molecule has 1 aromatic carbocycles. The fourth-order valence-corrected chi connectivity index (χ4v) is 2.20. The number of hydrogen-bond donors (Lipinski definition) is 1. The Labute approximate surface area is 99.9 Å².